The van der Waals surface area contributed by atoms with Gasteiger partial charge in [-0.15, -0.1) is 0 Å². The molecule has 2 aromatic rings. The Bertz CT molecular complexity index is 745. The highest BCUT2D eigenvalue weighted by atomic mass is 79.9. The molecular weight excluding hydrogens is 312 g/mol. The molecule has 1 heterocycles. The van der Waals surface area contributed by atoms with Gasteiger partial charge in [0, 0.05) is 6.07 Å². The highest BCUT2D eigenvalue weighted by Crippen LogP contribution is 2.34. The molecule has 0 unspecified atom stereocenters. The van der Waals surface area contributed by atoms with Crippen LogP contribution in [0.5, 0.6) is 0 Å². The van der Waals surface area contributed by atoms with Crippen LogP contribution in [0.1, 0.15) is 34.5 Å². The molecule has 1 aromatic carbocycles. The molecule has 0 radical (unpaired) electrons. The summed E-state index contributed by atoms with van der Waals surface area (Å²) in [6.07, 6.45) is 4.08. The number of benzene rings is 1. The topological polar surface area (TPSA) is 67.5 Å². The fourth-order valence-electron chi connectivity index (χ4n) is 2.56. The lowest BCUT2D eigenvalue weighted by molar-refractivity contribution is 0.0663. The molecule has 5 heteroatoms. The Labute approximate surface area is 117 Å². The lowest BCUT2D eigenvalue weighted by Gasteiger charge is -2.18. The van der Waals surface area contributed by atoms with E-state index in [1.165, 1.54) is 0 Å². The smallest absolute Gasteiger partial charge is 0.371 e. The number of rotatable bonds is 1. The molecule has 0 saturated carbocycles. The summed E-state index contributed by atoms with van der Waals surface area (Å²) in [5.41, 5.74) is 2.31. The Morgan fingerprint density at radius 1 is 1.26 bits per heavy atom. The molecule has 0 fully saturated rings. The quantitative estimate of drug-likeness (QED) is 0.875. The van der Waals surface area contributed by atoms with Gasteiger partial charge in [0.1, 0.15) is 0 Å². The van der Waals surface area contributed by atoms with Crippen LogP contribution in [0, 0.1) is 0 Å². The van der Waals surface area contributed by atoms with Gasteiger partial charge in [-0.2, -0.15) is 0 Å². The van der Waals surface area contributed by atoms with E-state index < -0.39 is 5.97 Å². The molecule has 0 amide bonds. The van der Waals surface area contributed by atoms with Crippen molar-refractivity contribution in [2.75, 3.05) is 0 Å². The monoisotopic (exact) mass is 322 g/mol. The van der Waals surface area contributed by atoms with Gasteiger partial charge in [-0.3, -0.25) is 4.79 Å². The minimum Gasteiger partial charge on any atom is -0.475 e. The van der Waals surface area contributed by atoms with Gasteiger partial charge in [0.2, 0.25) is 5.76 Å². The lowest BCUT2D eigenvalue weighted by atomic mass is 9.90. The minimum atomic E-state index is -1.23. The van der Waals surface area contributed by atoms with Gasteiger partial charge < -0.3 is 9.52 Å². The number of aryl methyl sites for hydroxylation is 1. The van der Waals surface area contributed by atoms with Crippen LogP contribution >= 0.6 is 15.9 Å². The number of halogens is 1. The van der Waals surface area contributed by atoms with Gasteiger partial charge >= 0.3 is 5.97 Å². The second kappa shape index (κ2) is 4.49. The Balaban J connectivity index is 2.39. The summed E-state index contributed by atoms with van der Waals surface area (Å²) in [5, 5.41) is 9.39. The Morgan fingerprint density at radius 2 is 2.00 bits per heavy atom. The van der Waals surface area contributed by atoms with E-state index in [2.05, 4.69) is 15.9 Å². The first-order chi connectivity index (χ1) is 9.08. The zero-order valence-corrected chi connectivity index (χ0v) is 11.6. The van der Waals surface area contributed by atoms with E-state index in [-0.39, 0.29) is 11.2 Å². The molecule has 4 nitrogen and oxygen atoms in total. The van der Waals surface area contributed by atoms with Crippen molar-refractivity contribution in [3.05, 3.63) is 43.7 Å². The number of aromatic carboxylic acids is 1. The summed E-state index contributed by atoms with van der Waals surface area (Å²) in [6, 6.07) is 2.87. The van der Waals surface area contributed by atoms with Crippen molar-refractivity contribution in [3.63, 3.8) is 0 Å². The molecule has 0 atom stereocenters. The van der Waals surface area contributed by atoms with E-state index in [0.717, 1.165) is 47.3 Å². The van der Waals surface area contributed by atoms with Gasteiger partial charge in [0.05, 0.1) is 9.86 Å². The molecule has 1 aliphatic rings. The molecule has 3 rings (SSSR count). The molecule has 98 valence electrons. The van der Waals surface area contributed by atoms with Crippen molar-refractivity contribution in [3.8, 4) is 0 Å². The molecule has 0 aliphatic heterocycles. The van der Waals surface area contributed by atoms with E-state index in [0.29, 0.717) is 11.0 Å². The van der Waals surface area contributed by atoms with E-state index in [4.69, 9.17) is 9.52 Å². The van der Waals surface area contributed by atoms with Crippen molar-refractivity contribution >= 4 is 32.9 Å². The Hall–Kier alpha value is -1.62. The van der Waals surface area contributed by atoms with Gasteiger partial charge in [0.15, 0.2) is 11.0 Å². The van der Waals surface area contributed by atoms with Crippen LogP contribution in [0.25, 0.3) is 11.0 Å². The lowest BCUT2D eigenvalue weighted by Crippen LogP contribution is -2.10. The third-order valence-corrected chi connectivity index (χ3v) is 4.33. The fraction of sp³-hybridized carbons (Fsp3) is 0.286. The van der Waals surface area contributed by atoms with Crippen molar-refractivity contribution in [2.24, 2.45) is 0 Å². The van der Waals surface area contributed by atoms with Crippen LogP contribution in [-0.2, 0) is 12.8 Å². The molecule has 0 saturated heterocycles. The fourth-order valence-corrected chi connectivity index (χ4v) is 3.31. The van der Waals surface area contributed by atoms with Crippen LogP contribution in [0.2, 0.25) is 0 Å². The molecule has 19 heavy (non-hydrogen) atoms. The summed E-state index contributed by atoms with van der Waals surface area (Å²) >= 11 is 3.46. The maximum atomic E-state index is 12.0. The molecule has 1 N–H and O–H groups in total. The standard InChI is InChI=1S/C14H11BrO4/c15-12-8-4-2-1-3-7(8)5-9-10(16)6-11(14(17)18)19-13(9)12/h5-6H,1-4H2,(H,17,18). The summed E-state index contributed by atoms with van der Waals surface area (Å²) < 4.78 is 6.08. The first-order valence-electron chi connectivity index (χ1n) is 6.09. The second-order valence-corrected chi connectivity index (χ2v) is 5.49. The van der Waals surface area contributed by atoms with E-state index in [9.17, 15) is 9.59 Å². The van der Waals surface area contributed by atoms with E-state index >= 15 is 0 Å². The van der Waals surface area contributed by atoms with Crippen LogP contribution < -0.4 is 5.43 Å². The zero-order chi connectivity index (χ0) is 13.6. The third-order valence-electron chi connectivity index (χ3n) is 3.49. The van der Waals surface area contributed by atoms with E-state index in [1.54, 1.807) is 0 Å². The van der Waals surface area contributed by atoms with Crippen molar-refractivity contribution < 1.29 is 14.3 Å². The van der Waals surface area contributed by atoms with E-state index in [1.807, 2.05) is 6.07 Å². The van der Waals surface area contributed by atoms with Crippen LogP contribution in [0.15, 0.2) is 25.8 Å². The van der Waals surface area contributed by atoms with Crippen molar-refractivity contribution in [2.45, 2.75) is 25.7 Å². The van der Waals surface area contributed by atoms with Crippen LogP contribution in [0.3, 0.4) is 0 Å². The molecular formula is C14H11BrO4. The number of hydrogen-bond acceptors (Lipinski definition) is 3. The SMILES string of the molecule is O=C(O)c1cc(=O)c2cc3c(c(Br)c2o1)CCCC3. The molecule has 0 bridgehead atoms. The second-order valence-electron chi connectivity index (χ2n) is 4.69. The first-order valence-corrected chi connectivity index (χ1v) is 6.88. The predicted octanol–water partition coefficient (Wildman–Crippen LogP) is 3.13. The summed E-state index contributed by atoms with van der Waals surface area (Å²) in [4.78, 5) is 22.9. The summed E-state index contributed by atoms with van der Waals surface area (Å²) in [7, 11) is 0. The number of carboxylic acids is 1. The molecule has 1 aromatic heterocycles. The molecule has 0 spiro atoms. The van der Waals surface area contributed by atoms with Gasteiger partial charge in [-0.05, 0) is 58.8 Å². The number of hydrogen-bond donors (Lipinski definition) is 1. The first kappa shape index (κ1) is 12.4. The highest BCUT2D eigenvalue weighted by Gasteiger charge is 2.19. The average molecular weight is 323 g/mol. The van der Waals surface area contributed by atoms with Crippen molar-refractivity contribution in [1.29, 1.82) is 0 Å². The maximum Gasteiger partial charge on any atom is 0.371 e. The average Bonchev–Trinajstić information content (AvgIpc) is 2.40. The number of fused-ring (bicyclic) bond motifs is 2. The van der Waals surface area contributed by atoms with Crippen LogP contribution in [0.4, 0.5) is 0 Å². The zero-order valence-electron chi connectivity index (χ0n) is 10.0. The summed E-state index contributed by atoms with van der Waals surface area (Å²) in [6.45, 7) is 0. The normalized spacial score (nSPS) is 14.4. The number of carboxylic acid groups (broad SMARTS) is 1. The van der Waals surface area contributed by atoms with Gasteiger partial charge in [0.25, 0.3) is 0 Å². The highest BCUT2D eigenvalue weighted by molar-refractivity contribution is 9.10. The largest absolute Gasteiger partial charge is 0.475 e. The third kappa shape index (κ3) is 1.98. The maximum absolute atomic E-state index is 12.0. The molecule has 1 aliphatic carbocycles. The van der Waals surface area contributed by atoms with Gasteiger partial charge in [-0.1, -0.05) is 0 Å². The van der Waals surface area contributed by atoms with Crippen LogP contribution in [-0.4, -0.2) is 11.1 Å². The Kier molecular flexibility index (Phi) is 2.93. The summed E-state index contributed by atoms with van der Waals surface area (Å²) in [5.74, 6) is -1.56. The van der Waals surface area contributed by atoms with Gasteiger partial charge in [-0.25, -0.2) is 4.79 Å². The Morgan fingerprint density at radius 3 is 2.74 bits per heavy atom. The van der Waals surface area contributed by atoms with Crippen molar-refractivity contribution in [1.82, 2.24) is 0 Å². The predicted molar refractivity (Wildman–Crippen MR) is 73.8 cm³/mol. The number of carbonyl (C=O) groups is 1. The minimum absolute atomic E-state index is 0.312.